The number of piperidine rings is 1. The van der Waals surface area contributed by atoms with E-state index < -0.39 is 5.97 Å². The summed E-state index contributed by atoms with van der Waals surface area (Å²) in [7, 11) is 0. The highest BCUT2D eigenvalue weighted by atomic mass is 16.4. The molecule has 0 bridgehead atoms. The molecule has 0 aromatic carbocycles. The van der Waals surface area contributed by atoms with E-state index in [0.29, 0.717) is 12.0 Å². The first-order valence-corrected chi connectivity index (χ1v) is 7.35. The van der Waals surface area contributed by atoms with Crippen LogP contribution in [-0.2, 0) is 4.79 Å². The zero-order valence-electron chi connectivity index (χ0n) is 11.4. The summed E-state index contributed by atoms with van der Waals surface area (Å²) in [5, 5.41) is 12.5. The largest absolute Gasteiger partial charge is 0.480 e. The van der Waals surface area contributed by atoms with Crippen LogP contribution in [0, 0.1) is 11.8 Å². The van der Waals surface area contributed by atoms with Gasteiger partial charge in [0.2, 0.25) is 0 Å². The average Bonchev–Trinajstić information content (AvgIpc) is 3.09. The van der Waals surface area contributed by atoms with E-state index in [4.69, 9.17) is 5.11 Å². The predicted molar refractivity (Wildman–Crippen MR) is 71.6 cm³/mol. The van der Waals surface area contributed by atoms with Gasteiger partial charge in [-0.2, -0.15) is 0 Å². The van der Waals surface area contributed by atoms with E-state index in [9.17, 15) is 4.79 Å². The molecular weight excluding hydrogens is 228 g/mol. The van der Waals surface area contributed by atoms with Gasteiger partial charge < -0.3 is 10.4 Å². The van der Waals surface area contributed by atoms with E-state index in [2.05, 4.69) is 17.1 Å². The summed E-state index contributed by atoms with van der Waals surface area (Å²) in [6, 6.07) is 0.488. The highest BCUT2D eigenvalue weighted by Gasteiger charge is 2.32. The molecule has 1 heterocycles. The van der Waals surface area contributed by atoms with Gasteiger partial charge in [0.1, 0.15) is 0 Å². The van der Waals surface area contributed by atoms with Crippen molar-refractivity contribution in [1.29, 1.82) is 0 Å². The second-order valence-electron chi connectivity index (χ2n) is 6.02. The standard InChI is InChI=1S/C14H26N2O2/c1-2-5-15-13-7-12(6-11-3-4-11)8-16(9-13)10-14(17)18/h11-13,15H,2-10H2,1H3,(H,17,18). The molecule has 18 heavy (non-hydrogen) atoms. The maximum Gasteiger partial charge on any atom is 0.317 e. The zero-order chi connectivity index (χ0) is 13.0. The molecule has 2 rings (SSSR count). The van der Waals surface area contributed by atoms with Crippen LogP contribution in [0.25, 0.3) is 0 Å². The molecule has 1 aliphatic heterocycles. The van der Waals surface area contributed by atoms with E-state index in [1.807, 2.05) is 0 Å². The lowest BCUT2D eigenvalue weighted by Crippen LogP contribution is -2.50. The number of nitrogens with one attached hydrogen (secondary N) is 1. The Kier molecular flexibility index (Phi) is 5.01. The quantitative estimate of drug-likeness (QED) is 0.724. The molecule has 0 amide bonds. The number of carboxylic acid groups (broad SMARTS) is 1. The van der Waals surface area contributed by atoms with Crippen molar-refractivity contribution in [3.05, 3.63) is 0 Å². The maximum absolute atomic E-state index is 10.9. The first-order valence-electron chi connectivity index (χ1n) is 7.35. The smallest absolute Gasteiger partial charge is 0.317 e. The molecule has 2 atom stereocenters. The van der Waals surface area contributed by atoms with Crippen molar-refractivity contribution >= 4 is 5.97 Å². The van der Waals surface area contributed by atoms with Gasteiger partial charge in [0.05, 0.1) is 6.54 Å². The fraction of sp³-hybridized carbons (Fsp3) is 0.929. The first-order chi connectivity index (χ1) is 8.67. The Hall–Kier alpha value is -0.610. The molecule has 4 heteroatoms. The third-order valence-electron chi connectivity index (χ3n) is 4.02. The van der Waals surface area contributed by atoms with Gasteiger partial charge in [0, 0.05) is 19.1 Å². The van der Waals surface area contributed by atoms with Gasteiger partial charge in [0.15, 0.2) is 0 Å². The number of aliphatic carboxylic acids is 1. The second kappa shape index (κ2) is 6.53. The number of carboxylic acids is 1. The van der Waals surface area contributed by atoms with E-state index in [1.54, 1.807) is 0 Å². The van der Waals surface area contributed by atoms with Crippen molar-refractivity contribution in [2.24, 2.45) is 11.8 Å². The normalized spacial score (nSPS) is 29.4. The lowest BCUT2D eigenvalue weighted by molar-refractivity contribution is -0.138. The van der Waals surface area contributed by atoms with Crippen molar-refractivity contribution in [2.45, 2.75) is 45.1 Å². The SMILES string of the molecule is CCCNC1CC(CC2CC2)CN(CC(=O)O)C1. The van der Waals surface area contributed by atoms with Crippen molar-refractivity contribution in [3.63, 3.8) is 0 Å². The van der Waals surface area contributed by atoms with Crippen LogP contribution in [0.1, 0.15) is 39.0 Å². The van der Waals surface area contributed by atoms with E-state index in [-0.39, 0.29) is 6.54 Å². The Morgan fingerprint density at radius 1 is 1.33 bits per heavy atom. The number of hydrogen-bond donors (Lipinski definition) is 2. The van der Waals surface area contributed by atoms with Crippen LogP contribution in [0.4, 0.5) is 0 Å². The predicted octanol–water partition coefficient (Wildman–Crippen LogP) is 1.56. The van der Waals surface area contributed by atoms with Crippen LogP contribution in [0.2, 0.25) is 0 Å². The van der Waals surface area contributed by atoms with Crippen molar-refractivity contribution < 1.29 is 9.90 Å². The second-order valence-corrected chi connectivity index (χ2v) is 6.02. The number of likely N-dealkylation sites (tertiary alicyclic amines) is 1. The molecule has 104 valence electrons. The minimum absolute atomic E-state index is 0.200. The van der Waals surface area contributed by atoms with E-state index in [0.717, 1.165) is 32.0 Å². The molecule has 2 unspecified atom stereocenters. The summed E-state index contributed by atoms with van der Waals surface area (Å²) in [6.45, 7) is 5.29. The van der Waals surface area contributed by atoms with Crippen LogP contribution in [0.3, 0.4) is 0 Å². The molecule has 0 radical (unpaired) electrons. The van der Waals surface area contributed by atoms with Crippen LogP contribution in [-0.4, -0.2) is 48.2 Å². The molecule has 1 saturated heterocycles. The fourth-order valence-electron chi connectivity index (χ4n) is 3.12. The van der Waals surface area contributed by atoms with E-state index in [1.165, 1.54) is 25.7 Å². The van der Waals surface area contributed by atoms with Gasteiger partial charge in [-0.3, -0.25) is 9.69 Å². The van der Waals surface area contributed by atoms with Gasteiger partial charge >= 0.3 is 5.97 Å². The summed E-state index contributed by atoms with van der Waals surface area (Å²) < 4.78 is 0. The van der Waals surface area contributed by atoms with Gasteiger partial charge in [-0.05, 0) is 37.6 Å². The summed E-state index contributed by atoms with van der Waals surface area (Å²) in [5.74, 6) is 0.933. The Labute approximate surface area is 110 Å². The summed E-state index contributed by atoms with van der Waals surface area (Å²) in [4.78, 5) is 13.0. The molecule has 2 aliphatic rings. The van der Waals surface area contributed by atoms with Gasteiger partial charge in [-0.1, -0.05) is 19.8 Å². The summed E-state index contributed by atoms with van der Waals surface area (Å²) in [6.07, 6.45) is 6.46. The molecule has 1 aliphatic carbocycles. The lowest BCUT2D eigenvalue weighted by atomic mass is 9.89. The highest BCUT2D eigenvalue weighted by Crippen LogP contribution is 2.37. The molecule has 1 saturated carbocycles. The third kappa shape index (κ3) is 4.58. The minimum Gasteiger partial charge on any atom is -0.480 e. The summed E-state index contributed by atoms with van der Waals surface area (Å²) >= 11 is 0. The highest BCUT2D eigenvalue weighted by molar-refractivity contribution is 5.69. The van der Waals surface area contributed by atoms with Gasteiger partial charge in [-0.25, -0.2) is 0 Å². The van der Waals surface area contributed by atoms with Crippen LogP contribution < -0.4 is 5.32 Å². The number of hydrogen-bond acceptors (Lipinski definition) is 3. The first kappa shape index (κ1) is 13.8. The molecule has 2 N–H and O–H groups in total. The van der Waals surface area contributed by atoms with Crippen LogP contribution in [0.15, 0.2) is 0 Å². The van der Waals surface area contributed by atoms with Crippen molar-refractivity contribution in [1.82, 2.24) is 10.2 Å². The fourth-order valence-corrected chi connectivity index (χ4v) is 3.12. The minimum atomic E-state index is -0.698. The van der Waals surface area contributed by atoms with Crippen molar-refractivity contribution in [2.75, 3.05) is 26.2 Å². The number of nitrogens with zero attached hydrogens (tertiary/aromatic N) is 1. The Morgan fingerprint density at radius 2 is 2.11 bits per heavy atom. The Morgan fingerprint density at radius 3 is 2.72 bits per heavy atom. The van der Waals surface area contributed by atoms with Crippen LogP contribution in [0.5, 0.6) is 0 Å². The average molecular weight is 254 g/mol. The third-order valence-corrected chi connectivity index (χ3v) is 4.02. The van der Waals surface area contributed by atoms with Crippen LogP contribution >= 0.6 is 0 Å². The topological polar surface area (TPSA) is 52.6 Å². The number of rotatable bonds is 7. The van der Waals surface area contributed by atoms with Crippen molar-refractivity contribution in [3.8, 4) is 0 Å². The molecule has 4 nitrogen and oxygen atoms in total. The number of carbonyl (C=O) groups is 1. The molecule has 2 fully saturated rings. The van der Waals surface area contributed by atoms with Gasteiger partial charge in [-0.15, -0.1) is 0 Å². The lowest BCUT2D eigenvalue weighted by Gasteiger charge is -2.37. The monoisotopic (exact) mass is 254 g/mol. The molecular formula is C14H26N2O2. The maximum atomic E-state index is 10.9. The zero-order valence-corrected chi connectivity index (χ0v) is 11.4. The Bertz CT molecular complexity index is 279. The van der Waals surface area contributed by atoms with Gasteiger partial charge in [0.25, 0.3) is 0 Å². The Balaban J connectivity index is 1.84. The van der Waals surface area contributed by atoms with E-state index >= 15 is 0 Å². The molecule has 0 spiro atoms. The molecule has 0 aromatic heterocycles. The molecule has 0 aromatic rings. The summed E-state index contributed by atoms with van der Waals surface area (Å²) in [5.41, 5.74) is 0.